The quantitative estimate of drug-likeness (QED) is 0.310. The summed E-state index contributed by atoms with van der Waals surface area (Å²) >= 11 is 0. The average Bonchev–Trinajstić information content (AvgIpc) is 3.17. The second kappa shape index (κ2) is 10.8. The third kappa shape index (κ3) is 8.92. The van der Waals surface area contributed by atoms with E-state index in [1.54, 1.807) is 0 Å². The molecule has 1 aliphatic heterocycles. The largest absolute Gasteiger partial charge is 0.346 e. The number of likely N-dealkylation sites (N-methyl/N-ethyl adjacent to an activating group) is 1. The van der Waals surface area contributed by atoms with Crippen LogP contribution >= 0.6 is 0 Å². The fourth-order valence-corrected chi connectivity index (χ4v) is 2.52. The summed E-state index contributed by atoms with van der Waals surface area (Å²) in [5, 5.41) is 0. The number of rotatable bonds is 12. The van der Waals surface area contributed by atoms with Gasteiger partial charge in [0, 0.05) is 32.6 Å². The van der Waals surface area contributed by atoms with Gasteiger partial charge in [0.1, 0.15) is 0 Å². The summed E-state index contributed by atoms with van der Waals surface area (Å²) in [5.74, 6) is 0.322. The van der Waals surface area contributed by atoms with Crippen LogP contribution in [0, 0.1) is 0 Å². The van der Waals surface area contributed by atoms with Crippen LogP contribution in [-0.2, 0) is 4.79 Å². The summed E-state index contributed by atoms with van der Waals surface area (Å²) in [6, 6.07) is 0.714. The molecule has 1 amide bonds. The van der Waals surface area contributed by atoms with Gasteiger partial charge in [-0.05, 0) is 32.7 Å². The van der Waals surface area contributed by atoms with Gasteiger partial charge in [-0.25, -0.2) is 0 Å². The highest BCUT2D eigenvalue weighted by molar-refractivity contribution is 5.75. The molecule has 3 heteroatoms. The summed E-state index contributed by atoms with van der Waals surface area (Å²) in [5.41, 5.74) is 0. The normalized spacial score (nSPS) is 20.9. The lowest BCUT2D eigenvalue weighted by Gasteiger charge is -2.16. The first-order valence-corrected chi connectivity index (χ1v) is 8.76. The van der Waals surface area contributed by atoms with Crippen molar-refractivity contribution in [2.75, 3.05) is 27.2 Å². The molecule has 0 aliphatic carbocycles. The second-order valence-electron chi connectivity index (χ2n) is 6.41. The highest BCUT2D eigenvalue weighted by Crippen LogP contribution is 2.15. The number of hydrogen-bond acceptors (Lipinski definition) is 2. The molecule has 0 N–H and O–H groups in total. The minimum atomic E-state index is 0.322. The van der Waals surface area contributed by atoms with Crippen molar-refractivity contribution in [1.29, 1.82) is 0 Å². The zero-order valence-electron chi connectivity index (χ0n) is 14.3. The van der Waals surface area contributed by atoms with Crippen LogP contribution in [0.15, 0.2) is 12.2 Å². The Hall–Kier alpha value is -0.830. The molecule has 1 unspecified atom stereocenters. The minimum absolute atomic E-state index is 0.322. The Kier molecular flexibility index (Phi) is 9.40. The molecule has 1 aliphatic rings. The van der Waals surface area contributed by atoms with E-state index in [1.165, 1.54) is 45.1 Å². The first-order chi connectivity index (χ1) is 10.1. The molecule has 0 radical (unpaired) electrons. The number of hydrogen-bond donors (Lipinski definition) is 0. The molecule has 1 heterocycles. The summed E-state index contributed by atoms with van der Waals surface area (Å²) < 4.78 is 0. The van der Waals surface area contributed by atoms with Crippen molar-refractivity contribution in [3.05, 3.63) is 12.2 Å². The fraction of sp³-hybridized carbons (Fsp3) is 0.833. The topological polar surface area (TPSA) is 23.3 Å². The first kappa shape index (κ1) is 18.2. The molecule has 2 atom stereocenters. The van der Waals surface area contributed by atoms with E-state index in [0.717, 1.165) is 25.8 Å². The minimum Gasteiger partial charge on any atom is -0.346 e. The van der Waals surface area contributed by atoms with Crippen LogP contribution in [0.2, 0.25) is 0 Å². The molecule has 21 heavy (non-hydrogen) atoms. The van der Waals surface area contributed by atoms with Crippen molar-refractivity contribution in [3.8, 4) is 0 Å². The summed E-state index contributed by atoms with van der Waals surface area (Å²) in [4.78, 5) is 16.1. The Balaban J connectivity index is 1.88. The Labute approximate surface area is 131 Å². The number of carbonyl (C=O) groups is 1. The van der Waals surface area contributed by atoms with E-state index >= 15 is 0 Å². The van der Waals surface area contributed by atoms with E-state index in [4.69, 9.17) is 0 Å². The smallest absolute Gasteiger partial charge is 0.222 e. The van der Waals surface area contributed by atoms with E-state index < -0.39 is 0 Å². The monoisotopic (exact) mass is 294 g/mol. The summed E-state index contributed by atoms with van der Waals surface area (Å²) in [7, 11) is 4.10. The van der Waals surface area contributed by atoms with Gasteiger partial charge in [-0.2, -0.15) is 0 Å². The molecule has 0 aromatic rings. The summed E-state index contributed by atoms with van der Waals surface area (Å²) in [6.07, 6.45) is 14.9. The highest BCUT2D eigenvalue weighted by Gasteiger charge is 2.25. The van der Waals surface area contributed by atoms with Crippen molar-refractivity contribution < 1.29 is 4.79 Å². The molecule has 0 saturated carbocycles. The van der Waals surface area contributed by atoms with Crippen LogP contribution in [0.3, 0.4) is 0 Å². The molecule has 0 aromatic carbocycles. The van der Waals surface area contributed by atoms with Crippen LogP contribution in [0.25, 0.3) is 0 Å². The number of carbonyl (C=O) groups excluding carboxylic acids is 1. The van der Waals surface area contributed by atoms with Gasteiger partial charge in [-0.3, -0.25) is 9.69 Å². The second-order valence-corrected chi connectivity index (χ2v) is 6.41. The van der Waals surface area contributed by atoms with Crippen molar-refractivity contribution in [2.45, 2.75) is 70.8 Å². The number of allylic oxidation sites excluding steroid dienone is 1. The van der Waals surface area contributed by atoms with Crippen LogP contribution < -0.4 is 0 Å². The van der Waals surface area contributed by atoms with Crippen LogP contribution in [0.4, 0.5) is 0 Å². The van der Waals surface area contributed by atoms with Crippen molar-refractivity contribution in [3.63, 3.8) is 0 Å². The number of unbranched alkanes of at least 4 members (excludes halogenated alkanes) is 6. The maximum Gasteiger partial charge on any atom is 0.222 e. The Morgan fingerprint density at radius 2 is 1.90 bits per heavy atom. The van der Waals surface area contributed by atoms with E-state index in [1.807, 2.05) is 11.9 Å². The SMILES string of the molecule is CCCCCN(C)C(=O)CCCCCC/C=C\[C@@H]1CN1C. The number of nitrogens with zero attached hydrogens (tertiary/aromatic N) is 2. The van der Waals surface area contributed by atoms with Crippen LogP contribution in [0.1, 0.15) is 64.7 Å². The van der Waals surface area contributed by atoms with Gasteiger partial charge < -0.3 is 4.90 Å². The van der Waals surface area contributed by atoms with Gasteiger partial charge >= 0.3 is 0 Å². The maximum atomic E-state index is 11.9. The van der Waals surface area contributed by atoms with Gasteiger partial charge in [0.05, 0.1) is 0 Å². The van der Waals surface area contributed by atoms with Gasteiger partial charge in [-0.1, -0.05) is 44.8 Å². The molecule has 122 valence electrons. The van der Waals surface area contributed by atoms with Gasteiger partial charge in [-0.15, -0.1) is 0 Å². The molecule has 1 rings (SSSR count). The number of amides is 1. The van der Waals surface area contributed by atoms with E-state index in [0.29, 0.717) is 11.9 Å². The lowest BCUT2D eigenvalue weighted by atomic mass is 10.1. The van der Waals surface area contributed by atoms with Gasteiger partial charge in [0.15, 0.2) is 0 Å². The van der Waals surface area contributed by atoms with Crippen molar-refractivity contribution >= 4 is 5.91 Å². The molecule has 0 aromatic heterocycles. The Morgan fingerprint density at radius 1 is 1.19 bits per heavy atom. The van der Waals surface area contributed by atoms with Gasteiger partial charge in [0.2, 0.25) is 5.91 Å². The molecule has 0 bridgehead atoms. The zero-order valence-corrected chi connectivity index (χ0v) is 14.3. The standard InChI is InChI=1S/C18H34N2O/c1-4-5-12-15-19(2)18(21)14-11-9-7-6-8-10-13-17-16-20(17)3/h10,13,17H,4-9,11-12,14-16H2,1-3H3/b13-10-/t17-,20?/m1/s1. The molecule has 3 nitrogen and oxygen atoms in total. The predicted octanol–water partition coefficient (Wildman–Crippen LogP) is 3.85. The average molecular weight is 294 g/mol. The highest BCUT2D eigenvalue weighted by atomic mass is 16.2. The molecule has 0 spiro atoms. The fourth-order valence-electron chi connectivity index (χ4n) is 2.52. The maximum absolute atomic E-state index is 11.9. The molecule has 1 fully saturated rings. The third-order valence-corrected chi connectivity index (χ3v) is 4.30. The van der Waals surface area contributed by atoms with Crippen LogP contribution in [-0.4, -0.2) is 48.9 Å². The van der Waals surface area contributed by atoms with Crippen molar-refractivity contribution in [2.24, 2.45) is 0 Å². The molecular weight excluding hydrogens is 260 g/mol. The lowest BCUT2D eigenvalue weighted by molar-refractivity contribution is -0.130. The van der Waals surface area contributed by atoms with Crippen molar-refractivity contribution in [1.82, 2.24) is 9.80 Å². The molecular formula is C18H34N2O. The predicted molar refractivity (Wildman–Crippen MR) is 90.4 cm³/mol. The summed E-state index contributed by atoms with van der Waals surface area (Å²) in [6.45, 7) is 4.34. The Bertz CT molecular complexity index is 314. The zero-order chi connectivity index (χ0) is 15.5. The van der Waals surface area contributed by atoms with E-state index in [-0.39, 0.29) is 0 Å². The van der Waals surface area contributed by atoms with E-state index in [9.17, 15) is 4.79 Å². The Morgan fingerprint density at radius 3 is 2.57 bits per heavy atom. The van der Waals surface area contributed by atoms with E-state index in [2.05, 4.69) is 31.0 Å². The van der Waals surface area contributed by atoms with Gasteiger partial charge in [0.25, 0.3) is 0 Å². The van der Waals surface area contributed by atoms with Crippen LogP contribution in [0.5, 0.6) is 0 Å². The molecule has 1 saturated heterocycles. The lowest BCUT2D eigenvalue weighted by Crippen LogP contribution is -2.27. The third-order valence-electron chi connectivity index (χ3n) is 4.30. The first-order valence-electron chi connectivity index (χ1n) is 8.76.